The number of carbonyl (C=O) groups excluding carboxylic acids is 2. The van der Waals surface area contributed by atoms with Crippen LogP contribution in [-0.2, 0) is 9.59 Å². The number of Topliss-reactive ketones (excluding diaryl/α,β-unsaturated/α-hetero) is 2. The molecule has 0 unspecified atom stereocenters. The summed E-state index contributed by atoms with van der Waals surface area (Å²) in [5.41, 5.74) is 0.207. The highest BCUT2D eigenvalue weighted by molar-refractivity contribution is 9.09. The number of carboxylic acids is 2. The lowest BCUT2D eigenvalue weighted by molar-refractivity contribution is -0.154. The molecule has 0 aliphatic rings. The zero-order valence-electron chi connectivity index (χ0n) is 14.9. The maximum absolute atomic E-state index is 13.1. The number of hydrogen-bond donors (Lipinski definition) is 2. The summed E-state index contributed by atoms with van der Waals surface area (Å²) < 4.78 is 25.9. The summed E-state index contributed by atoms with van der Waals surface area (Å²) in [5, 5.41) is 17.3. The van der Waals surface area contributed by atoms with Crippen molar-refractivity contribution in [2.45, 2.75) is 6.42 Å². The molecule has 2 N–H and O–H groups in total. The maximum Gasteiger partial charge on any atom is 0.318 e. The van der Waals surface area contributed by atoms with Crippen molar-refractivity contribution in [2.75, 3.05) is 5.33 Å². The fourth-order valence-corrected chi connectivity index (χ4v) is 2.56. The monoisotopic (exact) mass is 524 g/mol. The Morgan fingerprint density at radius 3 is 1.57 bits per heavy atom. The molecular formula is C19H13BrCl2F2O6. The molecule has 6 nitrogen and oxygen atoms in total. The average molecular weight is 526 g/mol. The van der Waals surface area contributed by atoms with E-state index in [1.165, 1.54) is 18.2 Å². The average Bonchev–Trinajstić information content (AvgIpc) is 2.69. The van der Waals surface area contributed by atoms with Gasteiger partial charge in [0.05, 0.1) is 15.4 Å². The van der Waals surface area contributed by atoms with Crippen molar-refractivity contribution in [3.8, 4) is 0 Å². The van der Waals surface area contributed by atoms with Crippen LogP contribution in [0.5, 0.6) is 0 Å². The third-order valence-electron chi connectivity index (χ3n) is 3.59. The van der Waals surface area contributed by atoms with Gasteiger partial charge in [0.25, 0.3) is 0 Å². The predicted octanol–water partition coefficient (Wildman–Crippen LogP) is 4.89. The van der Waals surface area contributed by atoms with Gasteiger partial charge in [-0.2, -0.15) is 0 Å². The SMILES string of the molecule is O=C(CBr)c1ccc(Cl)c(F)c1.O=C(CC(C(=O)O)C(=O)O)c1ccc(Cl)c(F)c1. The van der Waals surface area contributed by atoms with Crippen molar-refractivity contribution in [3.63, 3.8) is 0 Å². The topological polar surface area (TPSA) is 109 Å². The number of alkyl halides is 1. The minimum atomic E-state index is -1.85. The summed E-state index contributed by atoms with van der Waals surface area (Å²) in [7, 11) is 0. The summed E-state index contributed by atoms with van der Waals surface area (Å²) in [6, 6.07) is 7.17. The molecule has 0 radical (unpaired) electrons. The van der Waals surface area contributed by atoms with E-state index in [0.29, 0.717) is 5.56 Å². The van der Waals surface area contributed by atoms with Gasteiger partial charge in [-0.3, -0.25) is 19.2 Å². The summed E-state index contributed by atoms with van der Waals surface area (Å²) in [5.74, 6) is -7.43. The number of aliphatic carboxylic acids is 2. The van der Waals surface area contributed by atoms with Crippen LogP contribution in [0.2, 0.25) is 10.0 Å². The van der Waals surface area contributed by atoms with Crippen LogP contribution in [-0.4, -0.2) is 39.0 Å². The van der Waals surface area contributed by atoms with E-state index in [0.717, 1.165) is 18.2 Å². The van der Waals surface area contributed by atoms with E-state index in [1.54, 1.807) is 0 Å². The molecule has 0 aliphatic carbocycles. The van der Waals surface area contributed by atoms with Crippen LogP contribution < -0.4 is 0 Å². The maximum atomic E-state index is 13.1. The number of ketones is 2. The van der Waals surface area contributed by atoms with Crippen LogP contribution in [0, 0.1) is 17.6 Å². The van der Waals surface area contributed by atoms with Crippen LogP contribution in [0.15, 0.2) is 36.4 Å². The Bertz CT molecular complexity index is 969. The van der Waals surface area contributed by atoms with Crippen molar-refractivity contribution in [1.29, 1.82) is 0 Å². The van der Waals surface area contributed by atoms with Gasteiger partial charge in [0.1, 0.15) is 11.6 Å². The summed E-state index contributed by atoms with van der Waals surface area (Å²) in [6.07, 6.45) is -0.744. The van der Waals surface area contributed by atoms with Gasteiger partial charge >= 0.3 is 11.9 Å². The van der Waals surface area contributed by atoms with E-state index in [-0.39, 0.29) is 26.7 Å². The van der Waals surface area contributed by atoms with Crippen molar-refractivity contribution < 1.29 is 38.2 Å². The highest BCUT2D eigenvalue weighted by atomic mass is 79.9. The number of carbonyl (C=O) groups is 4. The summed E-state index contributed by atoms with van der Waals surface area (Å²) >= 11 is 13.8. The predicted molar refractivity (Wildman–Crippen MR) is 109 cm³/mol. The molecular weight excluding hydrogens is 513 g/mol. The largest absolute Gasteiger partial charge is 0.481 e. The van der Waals surface area contributed by atoms with Crippen LogP contribution in [0.1, 0.15) is 27.1 Å². The minimum Gasteiger partial charge on any atom is -0.481 e. The second-order valence-electron chi connectivity index (χ2n) is 5.67. The van der Waals surface area contributed by atoms with Gasteiger partial charge in [-0.25, -0.2) is 8.78 Å². The minimum absolute atomic E-state index is 0.0288. The van der Waals surface area contributed by atoms with E-state index in [2.05, 4.69) is 15.9 Å². The zero-order valence-corrected chi connectivity index (χ0v) is 18.0. The number of halogens is 5. The van der Waals surface area contributed by atoms with Crippen molar-refractivity contribution in [3.05, 3.63) is 69.2 Å². The first kappa shape index (κ1) is 25.7. The van der Waals surface area contributed by atoms with Gasteiger partial charge in [0, 0.05) is 17.5 Å². The van der Waals surface area contributed by atoms with Gasteiger partial charge in [0.15, 0.2) is 17.5 Å². The molecule has 30 heavy (non-hydrogen) atoms. The van der Waals surface area contributed by atoms with Crippen molar-refractivity contribution in [1.82, 2.24) is 0 Å². The lowest BCUT2D eigenvalue weighted by Gasteiger charge is -2.06. The first-order valence-electron chi connectivity index (χ1n) is 7.96. The van der Waals surface area contributed by atoms with Gasteiger partial charge in [-0.05, 0) is 36.4 Å². The van der Waals surface area contributed by atoms with Crippen LogP contribution in [0.4, 0.5) is 8.78 Å². The lowest BCUT2D eigenvalue weighted by atomic mass is 9.98. The second kappa shape index (κ2) is 11.7. The molecule has 0 saturated heterocycles. The number of carboxylic acid groups (broad SMARTS) is 2. The molecule has 2 rings (SSSR count). The normalized spacial score (nSPS) is 10.2. The molecule has 0 aliphatic heterocycles. The smallest absolute Gasteiger partial charge is 0.318 e. The quantitative estimate of drug-likeness (QED) is 0.302. The Hall–Kier alpha value is -2.36. The Balaban J connectivity index is 0.000000325. The Labute approximate surface area is 187 Å². The Morgan fingerprint density at radius 2 is 1.23 bits per heavy atom. The summed E-state index contributed by atoms with van der Waals surface area (Å²) in [4.78, 5) is 43.8. The number of hydrogen-bond acceptors (Lipinski definition) is 4. The highest BCUT2D eigenvalue weighted by Crippen LogP contribution is 2.18. The van der Waals surface area contributed by atoms with Gasteiger partial charge in [-0.15, -0.1) is 0 Å². The lowest BCUT2D eigenvalue weighted by Crippen LogP contribution is -2.26. The van der Waals surface area contributed by atoms with E-state index < -0.39 is 41.7 Å². The van der Waals surface area contributed by atoms with E-state index >= 15 is 0 Å². The van der Waals surface area contributed by atoms with Crippen molar-refractivity contribution in [2.24, 2.45) is 5.92 Å². The standard InChI is InChI=1S/C11H8ClFO5.C8H5BrClFO/c12-7-2-1-5(3-8(7)13)9(14)4-6(10(15)16)11(17)18;9-4-8(12)5-1-2-6(10)7(11)3-5/h1-3,6H,4H2,(H,15,16)(H,17,18);1-3H,4H2. The fourth-order valence-electron chi connectivity index (χ4n) is 2.00. The second-order valence-corrected chi connectivity index (χ2v) is 7.05. The molecule has 0 fully saturated rings. The molecule has 160 valence electrons. The van der Waals surface area contributed by atoms with Crippen LogP contribution >= 0.6 is 39.1 Å². The van der Waals surface area contributed by atoms with E-state index in [1.807, 2.05) is 0 Å². The van der Waals surface area contributed by atoms with E-state index in [9.17, 15) is 28.0 Å². The van der Waals surface area contributed by atoms with E-state index in [4.69, 9.17) is 33.4 Å². The first-order valence-corrected chi connectivity index (χ1v) is 9.83. The molecule has 0 saturated carbocycles. The van der Waals surface area contributed by atoms with Crippen LogP contribution in [0.25, 0.3) is 0 Å². The molecule has 0 heterocycles. The van der Waals surface area contributed by atoms with Gasteiger partial charge in [0.2, 0.25) is 0 Å². The molecule has 0 bridgehead atoms. The molecule has 2 aromatic rings. The number of benzene rings is 2. The van der Waals surface area contributed by atoms with Gasteiger partial charge in [-0.1, -0.05) is 39.1 Å². The third-order valence-corrected chi connectivity index (χ3v) is 4.71. The Kier molecular flexibility index (Phi) is 10.0. The highest BCUT2D eigenvalue weighted by Gasteiger charge is 2.29. The summed E-state index contributed by atoms with van der Waals surface area (Å²) in [6.45, 7) is 0. The van der Waals surface area contributed by atoms with Crippen LogP contribution in [0.3, 0.4) is 0 Å². The molecule has 0 amide bonds. The number of rotatable bonds is 7. The first-order chi connectivity index (χ1) is 14.0. The zero-order chi connectivity index (χ0) is 23.0. The molecule has 0 atom stereocenters. The molecule has 0 aromatic heterocycles. The molecule has 0 spiro atoms. The third kappa shape index (κ3) is 7.47. The molecule has 11 heteroatoms. The Morgan fingerprint density at radius 1 is 0.833 bits per heavy atom. The molecule has 2 aromatic carbocycles. The fraction of sp³-hybridized carbons (Fsp3) is 0.158. The van der Waals surface area contributed by atoms with Gasteiger partial charge < -0.3 is 10.2 Å². The van der Waals surface area contributed by atoms with Crippen molar-refractivity contribution >= 4 is 62.6 Å².